The normalized spacial score (nSPS) is 13.5. The van der Waals surface area contributed by atoms with Crippen molar-refractivity contribution in [2.75, 3.05) is 12.8 Å². The molecule has 2 aromatic heterocycles. The summed E-state index contributed by atoms with van der Waals surface area (Å²) in [4.78, 5) is 19.0. The number of benzene rings is 1. The second-order valence-corrected chi connectivity index (χ2v) is 6.74. The van der Waals surface area contributed by atoms with Crippen LogP contribution in [0, 0.1) is 5.82 Å². The molecule has 3 aromatic rings. The summed E-state index contributed by atoms with van der Waals surface area (Å²) in [5.74, 6) is 0.265. The number of hydrogen-bond acceptors (Lipinski definition) is 5. The van der Waals surface area contributed by atoms with E-state index < -0.39 is 0 Å². The van der Waals surface area contributed by atoms with Crippen LogP contribution in [0.2, 0.25) is 0 Å². The van der Waals surface area contributed by atoms with E-state index in [2.05, 4.69) is 10.1 Å². The predicted octanol–water partition coefficient (Wildman–Crippen LogP) is 3.80. The van der Waals surface area contributed by atoms with E-state index in [-0.39, 0.29) is 11.7 Å². The number of pyridine rings is 1. The summed E-state index contributed by atoms with van der Waals surface area (Å²) >= 11 is 1.44. The van der Waals surface area contributed by atoms with Crippen molar-refractivity contribution in [3.05, 3.63) is 65.3 Å². The first-order valence-electron chi connectivity index (χ1n) is 8.19. The van der Waals surface area contributed by atoms with Crippen molar-refractivity contribution in [1.29, 1.82) is 0 Å². The van der Waals surface area contributed by atoms with Crippen LogP contribution in [0.1, 0.15) is 21.7 Å². The van der Waals surface area contributed by atoms with Gasteiger partial charge < -0.3 is 9.42 Å². The second kappa shape index (κ2) is 6.92. The number of nitrogens with zero attached hydrogens (tertiary/aromatic N) is 3. The topological polar surface area (TPSA) is 59.2 Å². The minimum atomic E-state index is -0.357. The van der Waals surface area contributed by atoms with Crippen molar-refractivity contribution in [2.24, 2.45) is 0 Å². The number of halogens is 1. The Labute approximate surface area is 154 Å². The summed E-state index contributed by atoms with van der Waals surface area (Å²) in [5, 5.41) is 4.76. The van der Waals surface area contributed by atoms with Gasteiger partial charge in [-0.25, -0.2) is 9.37 Å². The average molecular weight is 369 g/mol. The Kier molecular flexibility index (Phi) is 4.46. The molecule has 1 amide bonds. The van der Waals surface area contributed by atoms with Gasteiger partial charge in [0.05, 0.1) is 12.1 Å². The number of hydrogen-bond donors (Lipinski definition) is 0. The molecular formula is C19H16FN3O2S. The summed E-state index contributed by atoms with van der Waals surface area (Å²) in [7, 11) is 0. The van der Waals surface area contributed by atoms with Crippen molar-refractivity contribution >= 4 is 17.7 Å². The maximum Gasteiger partial charge on any atom is 0.256 e. The highest BCUT2D eigenvalue weighted by atomic mass is 32.2. The minimum absolute atomic E-state index is 0.0891. The molecule has 0 bridgehead atoms. The van der Waals surface area contributed by atoms with Gasteiger partial charge in [0.1, 0.15) is 22.3 Å². The molecule has 0 radical (unpaired) electrons. The molecule has 1 aliphatic heterocycles. The molecule has 0 saturated heterocycles. The Balaban J connectivity index is 1.67. The molecule has 0 spiro atoms. The minimum Gasteiger partial charge on any atom is -0.360 e. The van der Waals surface area contributed by atoms with Gasteiger partial charge in [0, 0.05) is 30.3 Å². The predicted molar refractivity (Wildman–Crippen MR) is 96.4 cm³/mol. The van der Waals surface area contributed by atoms with Gasteiger partial charge in [-0.15, -0.1) is 11.8 Å². The van der Waals surface area contributed by atoms with E-state index in [0.29, 0.717) is 47.1 Å². The van der Waals surface area contributed by atoms with Gasteiger partial charge in [-0.3, -0.25) is 4.79 Å². The fourth-order valence-electron chi connectivity index (χ4n) is 3.13. The van der Waals surface area contributed by atoms with E-state index in [1.54, 1.807) is 41.4 Å². The van der Waals surface area contributed by atoms with Crippen LogP contribution >= 0.6 is 11.8 Å². The van der Waals surface area contributed by atoms with Gasteiger partial charge in [0.25, 0.3) is 5.91 Å². The molecule has 0 unspecified atom stereocenters. The van der Waals surface area contributed by atoms with Gasteiger partial charge >= 0.3 is 0 Å². The zero-order chi connectivity index (χ0) is 18.1. The third-order valence-corrected chi connectivity index (χ3v) is 5.15. The van der Waals surface area contributed by atoms with Crippen molar-refractivity contribution in [2.45, 2.75) is 18.0 Å². The van der Waals surface area contributed by atoms with Crippen LogP contribution in [0.3, 0.4) is 0 Å². The Hall–Kier alpha value is -2.67. The maximum absolute atomic E-state index is 14.2. The van der Waals surface area contributed by atoms with Crippen molar-refractivity contribution in [3.8, 4) is 11.3 Å². The highest BCUT2D eigenvalue weighted by Gasteiger charge is 2.29. The van der Waals surface area contributed by atoms with Crippen LogP contribution in [0.25, 0.3) is 11.3 Å². The van der Waals surface area contributed by atoms with Crippen molar-refractivity contribution < 1.29 is 13.7 Å². The molecule has 0 aliphatic carbocycles. The van der Waals surface area contributed by atoms with Crippen LogP contribution < -0.4 is 0 Å². The van der Waals surface area contributed by atoms with E-state index in [1.165, 1.54) is 17.8 Å². The van der Waals surface area contributed by atoms with Gasteiger partial charge in [-0.1, -0.05) is 17.3 Å². The quantitative estimate of drug-likeness (QED) is 0.657. The fourth-order valence-corrected chi connectivity index (χ4v) is 3.68. The lowest BCUT2D eigenvalue weighted by Gasteiger charge is -2.26. The molecule has 1 aliphatic rings. The lowest BCUT2D eigenvalue weighted by atomic mass is 10.0. The SMILES string of the molecule is CSc1ncccc1C(=O)N1CCc2onc(-c3ccccc3F)c2C1. The Morgan fingerprint density at radius 3 is 2.92 bits per heavy atom. The average Bonchev–Trinajstić information content (AvgIpc) is 3.10. The number of carbonyl (C=O) groups is 1. The van der Waals surface area contributed by atoms with Gasteiger partial charge in [-0.05, 0) is 30.5 Å². The number of thioether (sulfide) groups is 1. The maximum atomic E-state index is 14.2. The zero-order valence-electron chi connectivity index (χ0n) is 14.1. The molecule has 3 heterocycles. The van der Waals surface area contributed by atoms with E-state index in [9.17, 15) is 9.18 Å². The molecule has 0 N–H and O–H groups in total. The van der Waals surface area contributed by atoms with Crippen LogP contribution in [0.15, 0.2) is 52.1 Å². The zero-order valence-corrected chi connectivity index (χ0v) is 14.9. The van der Waals surface area contributed by atoms with E-state index in [4.69, 9.17) is 4.52 Å². The number of amides is 1. The number of carbonyl (C=O) groups excluding carboxylic acids is 1. The summed E-state index contributed by atoms with van der Waals surface area (Å²) < 4.78 is 19.6. The molecular weight excluding hydrogens is 353 g/mol. The Morgan fingerprint density at radius 2 is 2.12 bits per heavy atom. The number of fused-ring (bicyclic) bond motifs is 1. The third-order valence-electron chi connectivity index (χ3n) is 4.44. The Bertz CT molecular complexity index is 973. The molecule has 5 nitrogen and oxygen atoms in total. The van der Waals surface area contributed by atoms with Crippen LogP contribution in [0.5, 0.6) is 0 Å². The molecule has 4 rings (SSSR count). The Morgan fingerprint density at radius 1 is 1.27 bits per heavy atom. The fraction of sp³-hybridized carbons (Fsp3) is 0.211. The summed E-state index contributed by atoms with van der Waals surface area (Å²) in [6.07, 6.45) is 4.12. The standard InChI is InChI=1S/C19H16FN3O2S/c1-26-18-13(6-4-9-21-18)19(24)23-10-8-16-14(11-23)17(22-25-16)12-5-2-3-7-15(12)20/h2-7,9H,8,10-11H2,1H3. The van der Waals surface area contributed by atoms with E-state index in [0.717, 1.165) is 5.56 Å². The van der Waals surface area contributed by atoms with Crippen molar-refractivity contribution in [3.63, 3.8) is 0 Å². The first-order chi connectivity index (χ1) is 12.7. The van der Waals surface area contributed by atoms with E-state index >= 15 is 0 Å². The number of rotatable bonds is 3. The van der Waals surface area contributed by atoms with Gasteiger partial charge in [0.2, 0.25) is 0 Å². The van der Waals surface area contributed by atoms with Gasteiger partial charge in [0.15, 0.2) is 0 Å². The molecule has 0 saturated carbocycles. The van der Waals surface area contributed by atoms with E-state index in [1.807, 2.05) is 6.26 Å². The van der Waals surface area contributed by atoms with Crippen LogP contribution in [-0.2, 0) is 13.0 Å². The lowest BCUT2D eigenvalue weighted by molar-refractivity contribution is 0.0724. The highest BCUT2D eigenvalue weighted by molar-refractivity contribution is 7.98. The summed E-state index contributed by atoms with van der Waals surface area (Å²) in [5.41, 5.74) is 2.20. The van der Waals surface area contributed by atoms with Crippen LogP contribution in [-0.4, -0.2) is 33.7 Å². The molecule has 132 valence electrons. The molecule has 1 aromatic carbocycles. The van der Waals surface area contributed by atoms with Gasteiger partial charge in [-0.2, -0.15) is 0 Å². The largest absolute Gasteiger partial charge is 0.360 e. The van der Waals surface area contributed by atoms with Crippen molar-refractivity contribution in [1.82, 2.24) is 15.0 Å². The smallest absolute Gasteiger partial charge is 0.256 e. The molecule has 0 atom stereocenters. The molecule has 26 heavy (non-hydrogen) atoms. The monoisotopic (exact) mass is 369 g/mol. The number of aromatic nitrogens is 2. The molecule has 7 heteroatoms. The third kappa shape index (κ3) is 2.88. The first kappa shape index (κ1) is 16.8. The highest BCUT2D eigenvalue weighted by Crippen LogP contribution is 2.32. The first-order valence-corrected chi connectivity index (χ1v) is 9.42. The second-order valence-electron chi connectivity index (χ2n) is 5.95. The summed E-state index contributed by atoms with van der Waals surface area (Å²) in [6.45, 7) is 0.866. The van der Waals surface area contributed by atoms with Crippen LogP contribution in [0.4, 0.5) is 4.39 Å². The molecule has 0 fully saturated rings. The lowest BCUT2D eigenvalue weighted by Crippen LogP contribution is -2.36. The summed E-state index contributed by atoms with van der Waals surface area (Å²) in [6, 6.07) is 9.98.